The van der Waals surface area contributed by atoms with Crippen LogP contribution in [-0.2, 0) is 4.74 Å². The van der Waals surface area contributed by atoms with Gasteiger partial charge in [-0.3, -0.25) is 0 Å². The van der Waals surface area contributed by atoms with Crippen molar-refractivity contribution in [1.82, 2.24) is 20.3 Å². The van der Waals surface area contributed by atoms with Crippen molar-refractivity contribution in [3.8, 4) is 11.3 Å². The fourth-order valence-corrected chi connectivity index (χ4v) is 4.38. The molecular weight excluding hydrogens is 424 g/mol. The van der Waals surface area contributed by atoms with Gasteiger partial charge in [0.15, 0.2) is 17.5 Å². The summed E-state index contributed by atoms with van der Waals surface area (Å²) in [5.41, 5.74) is 0.461. The largest absolute Gasteiger partial charge is 0.374 e. The van der Waals surface area contributed by atoms with E-state index in [1.807, 2.05) is 32.6 Å². The third-order valence-electron chi connectivity index (χ3n) is 5.78. The van der Waals surface area contributed by atoms with Crippen LogP contribution in [0.5, 0.6) is 0 Å². The van der Waals surface area contributed by atoms with Crippen molar-refractivity contribution in [1.29, 1.82) is 0 Å². The number of nitrogens with one attached hydrogen (secondary N) is 2. The minimum atomic E-state index is -0.776. The minimum absolute atomic E-state index is 0.00707. The first kappa shape index (κ1) is 21.9. The first-order chi connectivity index (χ1) is 14.7. The van der Waals surface area contributed by atoms with Gasteiger partial charge in [-0.25, -0.2) is 18.7 Å². The van der Waals surface area contributed by atoms with Crippen LogP contribution in [0.15, 0.2) is 24.4 Å². The zero-order chi connectivity index (χ0) is 22.3. The van der Waals surface area contributed by atoms with Crippen molar-refractivity contribution in [2.24, 2.45) is 0 Å². The van der Waals surface area contributed by atoms with Gasteiger partial charge in [-0.15, -0.1) is 0 Å². The van der Waals surface area contributed by atoms with Crippen molar-refractivity contribution in [3.63, 3.8) is 0 Å². The molecule has 0 spiro atoms. The van der Waals surface area contributed by atoms with Gasteiger partial charge in [0.2, 0.25) is 0 Å². The van der Waals surface area contributed by atoms with Crippen LogP contribution in [0.2, 0.25) is 5.15 Å². The molecule has 4 rings (SSSR count). The molecule has 31 heavy (non-hydrogen) atoms. The lowest BCUT2D eigenvalue weighted by Crippen LogP contribution is -2.64. The lowest BCUT2D eigenvalue weighted by Gasteiger charge is -2.45. The first-order valence-electron chi connectivity index (χ1n) is 10.3. The summed E-state index contributed by atoms with van der Waals surface area (Å²) < 4.78 is 35.7. The van der Waals surface area contributed by atoms with Gasteiger partial charge in [0.25, 0.3) is 0 Å². The summed E-state index contributed by atoms with van der Waals surface area (Å²) in [6.07, 6.45) is 1.56. The van der Waals surface area contributed by atoms with E-state index in [9.17, 15) is 8.78 Å². The van der Waals surface area contributed by atoms with Crippen LogP contribution in [0.1, 0.15) is 27.7 Å². The number of ether oxygens (including phenoxy) is 1. The Hall–Kier alpha value is -2.29. The van der Waals surface area contributed by atoms with Crippen molar-refractivity contribution in [2.45, 2.75) is 45.4 Å². The van der Waals surface area contributed by atoms with Crippen LogP contribution in [0.4, 0.5) is 14.6 Å². The van der Waals surface area contributed by atoms with E-state index in [0.29, 0.717) is 36.2 Å². The normalized spacial score (nSPS) is 20.6. The molecule has 1 fully saturated rings. The number of hydrogen-bond donors (Lipinski definition) is 2. The maximum Gasteiger partial charge on any atom is 0.168 e. The van der Waals surface area contributed by atoms with Crippen molar-refractivity contribution in [2.75, 3.05) is 24.5 Å². The Morgan fingerprint density at radius 3 is 2.77 bits per heavy atom. The molecule has 4 heterocycles. The predicted molar refractivity (Wildman–Crippen MR) is 119 cm³/mol. The molecule has 3 aromatic rings. The summed E-state index contributed by atoms with van der Waals surface area (Å²) >= 11 is 6.35. The van der Waals surface area contributed by atoms with E-state index in [1.54, 1.807) is 18.3 Å². The number of hydrogen-bond acceptors (Lipinski definition) is 5. The third-order valence-corrected chi connectivity index (χ3v) is 6.06. The van der Waals surface area contributed by atoms with E-state index in [4.69, 9.17) is 16.3 Å². The van der Waals surface area contributed by atoms with Gasteiger partial charge in [0, 0.05) is 42.8 Å². The van der Waals surface area contributed by atoms with Gasteiger partial charge < -0.3 is 19.9 Å². The molecule has 6 nitrogen and oxygen atoms in total. The quantitative estimate of drug-likeness (QED) is 0.598. The summed E-state index contributed by atoms with van der Waals surface area (Å²) in [6, 6.07) is 4.38. The highest BCUT2D eigenvalue weighted by Gasteiger charge is 2.38. The molecule has 0 aromatic carbocycles. The number of rotatable bonds is 5. The highest BCUT2D eigenvalue weighted by Crippen LogP contribution is 2.37. The molecule has 3 aromatic heterocycles. The summed E-state index contributed by atoms with van der Waals surface area (Å²) in [6.45, 7) is 9.60. The number of pyridine rings is 2. The Balaban J connectivity index is 1.74. The molecule has 0 amide bonds. The van der Waals surface area contributed by atoms with Gasteiger partial charge in [0.1, 0.15) is 16.5 Å². The summed E-state index contributed by atoms with van der Waals surface area (Å²) in [5, 5.41) is 4.32. The monoisotopic (exact) mass is 449 g/mol. The number of piperazine rings is 1. The number of aromatic nitrogens is 3. The van der Waals surface area contributed by atoms with Crippen LogP contribution < -0.4 is 10.2 Å². The fourth-order valence-electron chi connectivity index (χ4n) is 4.10. The Labute approximate surface area is 185 Å². The number of fused-ring (bicyclic) bond motifs is 1. The zero-order valence-electron chi connectivity index (χ0n) is 18.0. The zero-order valence-corrected chi connectivity index (χ0v) is 18.7. The minimum Gasteiger partial charge on any atom is -0.374 e. The summed E-state index contributed by atoms with van der Waals surface area (Å²) in [5.74, 6) is -1.39. The molecule has 1 aliphatic heterocycles. The van der Waals surface area contributed by atoms with Crippen LogP contribution >= 0.6 is 11.6 Å². The second kappa shape index (κ2) is 8.33. The second-order valence-electron chi connectivity index (χ2n) is 8.43. The topological polar surface area (TPSA) is 66.1 Å². The number of anilines is 1. The van der Waals surface area contributed by atoms with E-state index in [1.165, 1.54) is 0 Å². The summed E-state index contributed by atoms with van der Waals surface area (Å²) in [7, 11) is 0. The fraction of sp³-hybridized carbons (Fsp3) is 0.455. The van der Waals surface area contributed by atoms with Gasteiger partial charge in [-0.1, -0.05) is 11.6 Å². The second-order valence-corrected chi connectivity index (χ2v) is 8.81. The van der Waals surface area contributed by atoms with Crippen LogP contribution in [-0.4, -0.2) is 52.3 Å². The highest BCUT2D eigenvalue weighted by molar-refractivity contribution is 6.34. The van der Waals surface area contributed by atoms with Crippen molar-refractivity contribution >= 4 is 28.5 Å². The van der Waals surface area contributed by atoms with E-state index in [2.05, 4.69) is 20.3 Å². The molecule has 2 unspecified atom stereocenters. The number of halogens is 3. The molecule has 0 saturated carbocycles. The van der Waals surface area contributed by atoms with E-state index in [-0.39, 0.29) is 28.9 Å². The Bertz CT molecular complexity index is 1100. The van der Waals surface area contributed by atoms with E-state index in [0.717, 1.165) is 6.07 Å². The summed E-state index contributed by atoms with van der Waals surface area (Å²) in [4.78, 5) is 13.4. The van der Waals surface area contributed by atoms with Gasteiger partial charge in [-0.05, 0) is 39.8 Å². The average Bonchev–Trinajstić information content (AvgIpc) is 3.03. The lowest BCUT2D eigenvalue weighted by atomic mass is 9.92. The maximum absolute atomic E-state index is 14.9. The molecule has 166 valence electrons. The van der Waals surface area contributed by atoms with Crippen molar-refractivity contribution in [3.05, 3.63) is 41.2 Å². The number of nitrogens with zero attached hydrogens (tertiary/aromatic N) is 3. The SMILES string of the molecule is CC(C)OC(C)C1(C)CN(c2nc(-c3c(Cl)[nH]c4ncccc34)c(F)cc2F)CCN1. The third kappa shape index (κ3) is 4.12. The highest BCUT2D eigenvalue weighted by atomic mass is 35.5. The Kier molecular flexibility index (Phi) is 5.89. The maximum atomic E-state index is 14.9. The standard InChI is InChI=1S/C22H26ClF2N5O/c1-12(2)31-13(3)22(4)11-30(9-8-27-22)21-16(25)10-15(24)18(28-21)17-14-6-5-7-26-20(14)29-19(17)23/h5-7,10,12-13,27H,8-9,11H2,1-4H3,(H,26,29). The molecular formula is C22H26ClF2N5O. The van der Waals surface area contributed by atoms with Gasteiger partial charge in [-0.2, -0.15) is 0 Å². The van der Waals surface area contributed by atoms with Crippen molar-refractivity contribution < 1.29 is 13.5 Å². The average molecular weight is 450 g/mol. The van der Waals surface area contributed by atoms with Gasteiger partial charge >= 0.3 is 0 Å². The molecule has 0 bridgehead atoms. The smallest absolute Gasteiger partial charge is 0.168 e. The number of aromatic amines is 1. The Morgan fingerprint density at radius 1 is 1.26 bits per heavy atom. The van der Waals surface area contributed by atoms with E-state index >= 15 is 0 Å². The molecule has 2 N–H and O–H groups in total. The van der Waals surface area contributed by atoms with E-state index < -0.39 is 17.2 Å². The molecule has 0 radical (unpaired) electrons. The predicted octanol–water partition coefficient (Wildman–Crippen LogP) is 4.54. The molecule has 2 atom stereocenters. The molecule has 0 aliphatic carbocycles. The van der Waals surface area contributed by atoms with Crippen LogP contribution in [0, 0.1) is 11.6 Å². The van der Waals surface area contributed by atoms with Crippen LogP contribution in [0.3, 0.4) is 0 Å². The Morgan fingerprint density at radius 2 is 2.03 bits per heavy atom. The first-order valence-corrected chi connectivity index (χ1v) is 10.7. The van der Waals surface area contributed by atoms with Gasteiger partial charge in [0.05, 0.1) is 17.7 Å². The lowest BCUT2D eigenvalue weighted by molar-refractivity contribution is -0.0335. The number of H-pyrrole nitrogens is 1. The molecule has 1 aliphatic rings. The molecule has 1 saturated heterocycles. The molecule has 9 heteroatoms. The van der Waals surface area contributed by atoms with Crippen LogP contribution in [0.25, 0.3) is 22.3 Å².